The third kappa shape index (κ3) is 3.45. The van der Waals surface area contributed by atoms with Crippen molar-refractivity contribution in [3.05, 3.63) is 29.8 Å². The molecule has 1 aromatic carbocycles. The fourth-order valence-electron chi connectivity index (χ4n) is 4.67. The smallest absolute Gasteiger partial charge is 0.325 e. The summed E-state index contributed by atoms with van der Waals surface area (Å²) in [6.07, 6.45) is 3.75. The molecular formula is C21H27N3O4. The van der Waals surface area contributed by atoms with Crippen LogP contribution in [-0.4, -0.2) is 52.9 Å². The standard InChI is InChI=1S/C21H27N3O4/c1-2-28-17-7-5-6-15(10-17)12-23-13-16(11-18(23)25)14-24-19(26)21(22-20(24)27)8-3-4-9-21/h5-7,10,16H,2-4,8-9,11-14H2,1H3,(H,22,27). The van der Waals surface area contributed by atoms with Crippen molar-refractivity contribution in [1.82, 2.24) is 15.1 Å². The Kier molecular flexibility index (Phi) is 5.00. The van der Waals surface area contributed by atoms with Crippen LogP contribution in [0.3, 0.4) is 0 Å². The number of benzene rings is 1. The summed E-state index contributed by atoms with van der Waals surface area (Å²) in [7, 11) is 0. The Morgan fingerprint density at radius 1 is 1.21 bits per heavy atom. The summed E-state index contributed by atoms with van der Waals surface area (Å²) in [5.41, 5.74) is 0.332. The van der Waals surface area contributed by atoms with Gasteiger partial charge in [0.1, 0.15) is 11.3 Å². The maximum atomic E-state index is 12.8. The largest absolute Gasteiger partial charge is 0.494 e. The zero-order valence-corrected chi connectivity index (χ0v) is 16.3. The van der Waals surface area contributed by atoms with Crippen LogP contribution >= 0.6 is 0 Å². The van der Waals surface area contributed by atoms with Gasteiger partial charge in [-0.05, 0) is 37.5 Å². The number of hydrogen-bond donors (Lipinski definition) is 1. The highest BCUT2D eigenvalue weighted by Crippen LogP contribution is 2.36. The van der Waals surface area contributed by atoms with Crippen molar-refractivity contribution in [2.45, 2.75) is 51.1 Å². The third-order valence-corrected chi connectivity index (χ3v) is 6.02. The molecule has 3 aliphatic rings. The van der Waals surface area contributed by atoms with Crippen LogP contribution in [0.4, 0.5) is 4.79 Å². The van der Waals surface area contributed by atoms with Gasteiger partial charge in [-0.2, -0.15) is 0 Å². The number of ether oxygens (including phenoxy) is 1. The number of nitrogens with zero attached hydrogens (tertiary/aromatic N) is 2. The second kappa shape index (κ2) is 7.45. The lowest BCUT2D eigenvalue weighted by Gasteiger charge is -2.22. The second-order valence-corrected chi connectivity index (χ2v) is 8.06. The van der Waals surface area contributed by atoms with E-state index in [9.17, 15) is 14.4 Å². The van der Waals surface area contributed by atoms with Gasteiger partial charge in [0.15, 0.2) is 0 Å². The maximum Gasteiger partial charge on any atom is 0.325 e. The molecule has 3 fully saturated rings. The first-order valence-corrected chi connectivity index (χ1v) is 10.1. The molecule has 4 rings (SSSR count). The molecule has 7 nitrogen and oxygen atoms in total. The third-order valence-electron chi connectivity index (χ3n) is 6.02. The summed E-state index contributed by atoms with van der Waals surface area (Å²) in [6, 6.07) is 7.45. The van der Waals surface area contributed by atoms with E-state index in [-0.39, 0.29) is 23.8 Å². The topological polar surface area (TPSA) is 79.0 Å². The molecule has 1 spiro atoms. The Morgan fingerprint density at radius 3 is 2.75 bits per heavy atom. The van der Waals surface area contributed by atoms with Crippen LogP contribution in [0.25, 0.3) is 0 Å². The van der Waals surface area contributed by atoms with Gasteiger partial charge in [-0.3, -0.25) is 14.5 Å². The minimum Gasteiger partial charge on any atom is -0.494 e. The van der Waals surface area contributed by atoms with E-state index in [1.54, 1.807) is 4.90 Å². The molecule has 0 radical (unpaired) electrons. The number of hydrogen-bond acceptors (Lipinski definition) is 4. The first-order chi connectivity index (χ1) is 13.5. The molecule has 4 amide bonds. The fraction of sp³-hybridized carbons (Fsp3) is 0.571. The molecule has 1 N–H and O–H groups in total. The average Bonchev–Trinajstić information content (AvgIpc) is 3.33. The van der Waals surface area contributed by atoms with E-state index in [2.05, 4.69) is 5.32 Å². The van der Waals surface area contributed by atoms with Crippen molar-refractivity contribution >= 4 is 17.8 Å². The maximum absolute atomic E-state index is 12.8. The second-order valence-electron chi connectivity index (χ2n) is 8.06. The summed E-state index contributed by atoms with van der Waals surface area (Å²) in [5, 5.41) is 2.91. The summed E-state index contributed by atoms with van der Waals surface area (Å²) in [5.74, 6) is 0.734. The Balaban J connectivity index is 1.38. The van der Waals surface area contributed by atoms with E-state index in [0.717, 1.165) is 37.0 Å². The summed E-state index contributed by atoms with van der Waals surface area (Å²) >= 11 is 0. The van der Waals surface area contributed by atoms with Crippen LogP contribution in [0.15, 0.2) is 24.3 Å². The minimum atomic E-state index is -0.681. The van der Waals surface area contributed by atoms with Crippen molar-refractivity contribution in [3.8, 4) is 5.75 Å². The Morgan fingerprint density at radius 2 is 2.00 bits per heavy atom. The molecule has 1 aromatic rings. The van der Waals surface area contributed by atoms with E-state index < -0.39 is 5.54 Å². The van der Waals surface area contributed by atoms with E-state index in [1.807, 2.05) is 31.2 Å². The van der Waals surface area contributed by atoms with Crippen LogP contribution < -0.4 is 10.1 Å². The Hall–Kier alpha value is -2.57. The lowest BCUT2D eigenvalue weighted by molar-refractivity contribution is -0.132. The number of rotatable bonds is 6. The first-order valence-electron chi connectivity index (χ1n) is 10.1. The fourth-order valence-corrected chi connectivity index (χ4v) is 4.67. The van der Waals surface area contributed by atoms with Crippen LogP contribution in [0.2, 0.25) is 0 Å². The first kappa shape index (κ1) is 18.8. The molecule has 1 saturated carbocycles. The Labute approximate surface area is 165 Å². The van der Waals surface area contributed by atoms with Gasteiger partial charge in [0.2, 0.25) is 5.91 Å². The lowest BCUT2D eigenvalue weighted by Crippen LogP contribution is -2.44. The van der Waals surface area contributed by atoms with Crippen LogP contribution in [0.1, 0.15) is 44.6 Å². The predicted octanol–water partition coefficient (Wildman–Crippen LogP) is 2.30. The van der Waals surface area contributed by atoms with E-state index in [1.165, 1.54) is 4.90 Å². The molecule has 28 heavy (non-hydrogen) atoms. The zero-order chi connectivity index (χ0) is 19.7. The average molecular weight is 385 g/mol. The number of imide groups is 1. The molecule has 2 saturated heterocycles. The minimum absolute atomic E-state index is 0.0196. The molecule has 0 aromatic heterocycles. The highest BCUT2D eigenvalue weighted by atomic mass is 16.5. The SMILES string of the molecule is CCOc1cccc(CN2CC(CN3C(=O)NC4(CCCC4)C3=O)CC2=O)c1. The molecule has 0 bridgehead atoms. The summed E-state index contributed by atoms with van der Waals surface area (Å²) in [6.45, 7) is 3.92. The molecule has 2 heterocycles. The highest BCUT2D eigenvalue weighted by Gasteiger charge is 2.53. The number of nitrogens with one attached hydrogen (secondary N) is 1. The van der Waals surface area contributed by atoms with Crippen molar-refractivity contribution in [1.29, 1.82) is 0 Å². The predicted molar refractivity (Wildman–Crippen MR) is 103 cm³/mol. The van der Waals surface area contributed by atoms with Crippen molar-refractivity contribution in [2.75, 3.05) is 19.7 Å². The molecule has 1 unspecified atom stereocenters. The van der Waals surface area contributed by atoms with Gasteiger partial charge in [-0.25, -0.2) is 4.79 Å². The number of carbonyl (C=O) groups excluding carboxylic acids is 3. The zero-order valence-electron chi connectivity index (χ0n) is 16.3. The molecule has 1 atom stereocenters. The molecule has 7 heteroatoms. The molecule has 2 aliphatic heterocycles. The summed E-state index contributed by atoms with van der Waals surface area (Å²) < 4.78 is 5.53. The summed E-state index contributed by atoms with van der Waals surface area (Å²) in [4.78, 5) is 40.8. The number of amides is 4. The van der Waals surface area contributed by atoms with E-state index in [4.69, 9.17) is 4.74 Å². The Bertz CT molecular complexity index is 788. The van der Waals surface area contributed by atoms with Gasteiger partial charge < -0.3 is 15.0 Å². The van der Waals surface area contributed by atoms with Gasteiger partial charge in [0, 0.05) is 32.0 Å². The van der Waals surface area contributed by atoms with Gasteiger partial charge in [0.05, 0.1) is 6.61 Å². The van der Waals surface area contributed by atoms with Crippen LogP contribution in [0, 0.1) is 5.92 Å². The normalized spacial score (nSPS) is 23.8. The number of carbonyl (C=O) groups is 3. The number of urea groups is 1. The highest BCUT2D eigenvalue weighted by molar-refractivity contribution is 6.07. The van der Waals surface area contributed by atoms with Gasteiger partial charge >= 0.3 is 6.03 Å². The van der Waals surface area contributed by atoms with Crippen molar-refractivity contribution in [2.24, 2.45) is 5.92 Å². The van der Waals surface area contributed by atoms with E-state index >= 15 is 0 Å². The van der Waals surface area contributed by atoms with Crippen molar-refractivity contribution in [3.63, 3.8) is 0 Å². The van der Waals surface area contributed by atoms with Gasteiger partial charge in [-0.1, -0.05) is 25.0 Å². The molecular weight excluding hydrogens is 358 g/mol. The van der Waals surface area contributed by atoms with Gasteiger partial charge in [0.25, 0.3) is 5.91 Å². The number of likely N-dealkylation sites (tertiary alicyclic amines) is 1. The monoisotopic (exact) mass is 385 g/mol. The lowest BCUT2D eigenvalue weighted by atomic mass is 9.97. The van der Waals surface area contributed by atoms with E-state index in [0.29, 0.717) is 32.7 Å². The quantitative estimate of drug-likeness (QED) is 0.762. The molecule has 1 aliphatic carbocycles. The van der Waals surface area contributed by atoms with Crippen LogP contribution in [0.5, 0.6) is 5.75 Å². The van der Waals surface area contributed by atoms with Crippen LogP contribution in [-0.2, 0) is 16.1 Å². The van der Waals surface area contributed by atoms with Gasteiger partial charge in [-0.15, -0.1) is 0 Å². The molecule has 150 valence electrons. The van der Waals surface area contributed by atoms with Crippen molar-refractivity contribution < 1.29 is 19.1 Å².